The summed E-state index contributed by atoms with van der Waals surface area (Å²) in [5, 5.41) is 0. The Bertz CT molecular complexity index is 1270. The highest BCUT2D eigenvalue weighted by Crippen LogP contribution is 2.31. The predicted molar refractivity (Wildman–Crippen MR) is 132 cm³/mol. The number of hydrogen-bond donors (Lipinski definition) is 0. The van der Waals surface area contributed by atoms with Crippen molar-refractivity contribution in [1.82, 2.24) is 4.90 Å². The molecule has 1 amide bonds. The van der Waals surface area contributed by atoms with Gasteiger partial charge >= 0.3 is 16.3 Å². The van der Waals surface area contributed by atoms with Crippen LogP contribution in [0.3, 0.4) is 0 Å². The van der Waals surface area contributed by atoms with Crippen molar-refractivity contribution in [1.29, 1.82) is 0 Å². The number of carbonyl (C=O) groups is 1. The zero-order valence-electron chi connectivity index (χ0n) is 20.7. The van der Waals surface area contributed by atoms with Crippen LogP contribution in [-0.4, -0.2) is 19.2 Å². The molecule has 10 heteroatoms. The van der Waals surface area contributed by atoms with Crippen LogP contribution in [0.5, 0.6) is 5.75 Å². The fourth-order valence-corrected chi connectivity index (χ4v) is 4.90. The van der Waals surface area contributed by atoms with Gasteiger partial charge < -0.3 is 13.5 Å². The molecule has 0 bridgehead atoms. The van der Waals surface area contributed by atoms with Gasteiger partial charge in [-0.1, -0.05) is 44.9 Å². The Labute approximate surface area is 215 Å². The molecule has 1 heterocycles. The Hall–Kier alpha value is -3.27. The quantitative estimate of drug-likeness (QED) is 0.237. The smallest absolute Gasteiger partial charge is 0.416 e. The summed E-state index contributed by atoms with van der Waals surface area (Å²) in [7, 11) is -4.52. The summed E-state index contributed by atoms with van der Waals surface area (Å²) < 4.78 is 75.1. The van der Waals surface area contributed by atoms with Crippen LogP contribution in [0, 0.1) is 5.92 Å². The molecule has 1 atom stereocenters. The molecule has 0 fully saturated rings. The first-order valence-corrected chi connectivity index (χ1v) is 13.5. The van der Waals surface area contributed by atoms with Crippen LogP contribution >= 0.6 is 0 Å². The summed E-state index contributed by atoms with van der Waals surface area (Å²) in [5.41, 5.74) is -0.492. The molecule has 1 unspecified atom stereocenters. The Morgan fingerprint density at radius 2 is 1.78 bits per heavy atom. The lowest BCUT2D eigenvalue weighted by atomic mass is 9.97. The van der Waals surface area contributed by atoms with E-state index in [0.29, 0.717) is 23.8 Å². The van der Waals surface area contributed by atoms with E-state index in [4.69, 9.17) is 8.60 Å². The van der Waals surface area contributed by atoms with Gasteiger partial charge in [-0.25, -0.2) is 0 Å². The van der Waals surface area contributed by atoms with E-state index in [9.17, 15) is 26.4 Å². The maximum Gasteiger partial charge on any atom is 0.416 e. The molecule has 3 aromatic rings. The second-order valence-corrected chi connectivity index (χ2v) is 10.3. The van der Waals surface area contributed by atoms with Crippen molar-refractivity contribution in [2.75, 3.05) is 0 Å². The number of hydrogen-bond acceptors (Lipinski definition) is 5. The number of rotatable bonds is 12. The van der Waals surface area contributed by atoms with Crippen LogP contribution in [0.25, 0.3) is 0 Å². The average Bonchev–Trinajstić information content (AvgIpc) is 3.37. The average molecular weight is 538 g/mol. The summed E-state index contributed by atoms with van der Waals surface area (Å²) in [4.78, 5) is 14.4. The number of unbranched alkanes of at least 4 members (excludes halogenated alkanes) is 1. The molecule has 0 spiro atoms. The molecule has 0 saturated carbocycles. The molecule has 0 N–H and O–H groups in total. The molecule has 0 aliphatic heterocycles. The minimum Gasteiger partial charge on any atom is -0.467 e. The monoisotopic (exact) mass is 537 g/mol. The summed E-state index contributed by atoms with van der Waals surface area (Å²) in [6.07, 6.45) is 0.185. The maximum atomic E-state index is 13.4. The van der Waals surface area contributed by atoms with Crippen molar-refractivity contribution >= 4 is 16.0 Å². The van der Waals surface area contributed by atoms with E-state index in [1.807, 2.05) is 6.92 Å². The SMILES string of the molecule is CCCCC(CC)C(=O)N(Cc1cccc(OS(=O)(=O)c2cccc(C(F)(F)F)c2)c1)Cc1ccco1. The Balaban J connectivity index is 1.82. The largest absolute Gasteiger partial charge is 0.467 e. The number of amides is 1. The van der Waals surface area contributed by atoms with Gasteiger partial charge in [0.25, 0.3) is 0 Å². The number of benzene rings is 2. The molecule has 0 aliphatic rings. The number of carbonyl (C=O) groups excluding carboxylic acids is 1. The van der Waals surface area contributed by atoms with Gasteiger partial charge in [-0.3, -0.25) is 4.79 Å². The van der Waals surface area contributed by atoms with Crippen LogP contribution in [0.2, 0.25) is 0 Å². The Morgan fingerprint density at radius 1 is 1.03 bits per heavy atom. The predicted octanol–water partition coefficient (Wildman–Crippen LogP) is 6.81. The van der Waals surface area contributed by atoms with Gasteiger partial charge in [0, 0.05) is 12.5 Å². The summed E-state index contributed by atoms with van der Waals surface area (Å²) >= 11 is 0. The fraction of sp³-hybridized carbons (Fsp3) is 0.370. The van der Waals surface area contributed by atoms with Gasteiger partial charge in [0.2, 0.25) is 5.91 Å². The van der Waals surface area contributed by atoms with Crippen LogP contribution in [0.15, 0.2) is 76.2 Å². The topological polar surface area (TPSA) is 76.8 Å². The Kier molecular flexibility index (Phi) is 9.42. The lowest BCUT2D eigenvalue weighted by molar-refractivity contribution is -0.138. The second kappa shape index (κ2) is 12.3. The molecule has 37 heavy (non-hydrogen) atoms. The van der Waals surface area contributed by atoms with Crippen molar-refractivity contribution in [2.45, 2.75) is 63.7 Å². The van der Waals surface area contributed by atoms with Crippen molar-refractivity contribution in [3.05, 3.63) is 83.8 Å². The summed E-state index contributed by atoms with van der Waals surface area (Å²) in [5.74, 6) is 0.349. The van der Waals surface area contributed by atoms with E-state index >= 15 is 0 Å². The third kappa shape index (κ3) is 7.85. The highest BCUT2D eigenvalue weighted by atomic mass is 32.2. The van der Waals surface area contributed by atoms with Crippen molar-refractivity contribution in [2.24, 2.45) is 5.92 Å². The van der Waals surface area contributed by atoms with Crippen molar-refractivity contribution < 1.29 is 35.0 Å². The minimum atomic E-state index is -4.69. The molecule has 0 aliphatic carbocycles. The normalized spacial score (nSPS) is 12.8. The fourth-order valence-electron chi connectivity index (χ4n) is 3.93. The van der Waals surface area contributed by atoms with Crippen LogP contribution in [-0.2, 0) is 34.2 Å². The zero-order valence-corrected chi connectivity index (χ0v) is 21.5. The van der Waals surface area contributed by atoms with E-state index in [2.05, 4.69) is 6.92 Å². The van der Waals surface area contributed by atoms with Gasteiger partial charge in [-0.15, -0.1) is 0 Å². The highest BCUT2D eigenvalue weighted by Gasteiger charge is 2.32. The lowest BCUT2D eigenvalue weighted by Gasteiger charge is -2.26. The number of halogens is 3. The summed E-state index contributed by atoms with van der Waals surface area (Å²) in [6.45, 7) is 4.44. The maximum absolute atomic E-state index is 13.4. The standard InChI is InChI=1S/C27H30F3NO5S/c1-3-5-10-21(4-2)26(32)31(19-24-13-8-15-35-24)18-20-9-6-12-23(16-20)36-37(33,34)25-14-7-11-22(17-25)27(28,29)30/h6-9,11-17,21H,3-5,10,18-19H2,1-2H3. The number of furan rings is 1. The van der Waals surface area contributed by atoms with Gasteiger partial charge in [0.15, 0.2) is 0 Å². The first kappa shape index (κ1) is 28.3. The molecular formula is C27H30F3NO5S. The first-order chi connectivity index (χ1) is 17.5. The van der Waals surface area contributed by atoms with Gasteiger partial charge in [-0.05, 0) is 60.9 Å². The minimum absolute atomic E-state index is 0.0322. The first-order valence-electron chi connectivity index (χ1n) is 12.0. The molecule has 2 aromatic carbocycles. The van der Waals surface area contributed by atoms with Gasteiger partial charge in [0.1, 0.15) is 16.4 Å². The zero-order chi connectivity index (χ0) is 27.1. The Morgan fingerprint density at radius 3 is 2.43 bits per heavy atom. The third-order valence-electron chi connectivity index (χ3n) is 5.91. The number of nitrogens with zero attached hydrogens (tertiary/aromatic N) is 1. The van der Waals surface area contributed by atoms with Crippen molar-refractivity contribution in [3.63, 3.8) is 0 Å². The highest BCUT2D eigenvalue weighted by molar-refractivity contribution is 7.87. The van der Waals surface area contributed by atoms with Gasteiger partial charge in [-0.2, -0.15) is 21.6 Å². The van der Waals surface area contributed by atoms with Gasteiger partial charge in [0.05, 0.1) is 18.4 Å². The lowest BCUT2D eigenvalue weighted by Crippen LogP contribution is -2.35. The second-order valence-electron chi connectivity index (χ2n) is 8.73. The van der Waals surface area contributed by atoms with E-state index in [0.717, 1.165) is 37.5 Å². The molecule has 200 valence electrons. The van der Waals surface area contributed by atoms with E-state index in [-0.39, 0.29) is 30.7 Å². The van der Waals surface area contributed by atoms with E-state index in [1.165, 1.54) is 18.4 Å². The van der Waals surface area contributed by atoms with Crippen LogP contribution in [0.4, 0.5) is 13.2 Å². The molecule has 0 radical (unpaired) electrons. The molecular weight excluding hydrogens is 507 g/mol. The van der Waals surface area contributed by atoms with Crippen molar-refractivity contribution in [3.8, 4) is 5.75 Å². The van der Waals surface area contributed by atoms with E-state index < -0.39 is 26.8 Å². The molecule has 0 saturated heterocycles. The molecule has 3 rings (SSSR count). The molecule has 1 aromatic heterocycles. The van der Waals surface area contributed by atoms with Crippen LogP contribution in [0.1, 0.15) is 56.4 Å². The molecule has 6 nitrogen and oxygen atoms in total. The van der Waals surface area contributed by atoms with Crippen LogP contribution < -0.4 is 4.18 Å². The summed E-state index contributed by atoms with van der Waals surface area (Å²) in [6, 6.07) is 13.0. The number of alkyl halides is 3. The van der Waals surface area contributed by atoms with E-state index in [1.54, 1.807) is 29.2 Å². The third-order valence-corrected chi connectivity index (χ3v) is 7.16.